The van der Waals surface area contributed by atoms with Crippen LogP contribution in [0.3, 0.4) is 0 Å². The van der Waals surface area contributed by atoms with Crippen molar-refractivity contribution in [3.63, 3.8) is 0 Å². The Morgan fingerprint density at radius 1 is 1.61 bits per heavy atom. The Hall–Kier alpha value is -1.42. The summed E-state index contributed by atoms with van der Waals surface area (Å²) in [5, 5.41) is 0. The molecule has 4 nitrogen and oxygen atoms in total. The Morgan fingerprint density at radius 2 is 2.44 bits per heavy atom. The zero-order valence-corrected chi connectivity index (χ0v) is 11.0. The molecule has 1 saturated heterocycles. The van der Waals surface area contributed by atoms with Gasteiger partial charge in [0.1, 0.15) is 6.61 Å². The van der Waals surface area contributed by atoms with E-state index in [1.807, 2.05) is 0 Å². The third kappa shape index (κ3) is 3.29. The van der Waals surface area contributed by atoms with Gasteiger partial charge in [-0.05, 0) is 31.9 Å². The van der Waals surface area contributed by atoms with Crippen molar-refractivity contribution in [2.75, 3.05) is 19.7 Å². The van der Waals surface area contributed by atoms with Crippen LogP contribution in [0.2, 0.25) is 0 Å². The van der Waals surface area contributed by atoms with Gasteiger partial charge in [0.2, 0.25) is 5.88 Å². The highest BCUT2D eigenvalue weighted by Crippen LogP contribution is 2.18. The lowest BCUT2D eigenvalue weighted by atomic mass is 10.2. The predicted molar refractivity (Wildman–Crippen MR) is 69.9 cm³/mol. The van der Waals surface area contributed by atoms with E-state index in [1.165, 1.54) is 12.6 Å². The second kappa shape index (κ2) is 5.96. The van der Waals surface area contributed by atoms with Gasteiger partial charge in [-0.15, -0.1) is 0 Å². The van der Waals surface area contributed by atoms with Gasteiger partial charge in [-0.25, -0.2) is 4.98 Å². The van der Waals surface area contributed by atoms with Gasteiger partial charge < -0.3 is 4.74 Å². The zero-order valence-electron chi connectivity index (χ0n) is 11.0. The maximum Gasteiger partial charge on any atom is 0.213 e. The van der Waals surface area contributed by atoms with Crippen molar-refractivity contribution in [3.8, 4) is 5.88 Å². The van der Waals surface area contributed by atoms with Gasteiger partial charge in [-0.3, -0.25) is 9.69 Å². The van der Waals surface area contributed by atoms with Crippen molar-refractivity contribution < 1.29 is 9.53 Å². The molecule has 0 spiro atoms. The normalized spacial score (nSPS) is 21.8. The number of hydrogen-bond donors (Lipinski definition) is 0. The summed E-state index contributed by atoms with van der Waals surface area (Å²) in [5.41, 5.74) is 0.573. The summed E-state index contributed by atoms with van der Waals surface area (Å²) in [6, 6.07) is 3.86. The second-order valence-electron chi connectivity index (χ2n) is 5.10. The molecule has 2 heterocycles. The van der Waals surface area contributed by atoms with Gasteiger partial charge in [-0.1, -0.05) is 6.92 Å². The number of likely N-dealkylation sites (tertiary alicyclic amines) is 1. The van der Waals surface area contributed by atoms with Crippen LogP contribution < -0.4 is 4.74 Å². The molecule has 2 unspecified atom stereocenters. The van der Waals surface area contributed by atoms with Crippen LogP contribution in [0.5, 0.6) is 5.88 Å². The molecule has 0 bridgehead atoms. The molecule has 1 aromatic heterocycles. The summed E-state index contributed by atoms with van der Waals surface area (Å²) in [6.45, 7) is 7.41. The minimum absolute atomic E-state index is 0.405. The van der Waals surface area contributed by atoms with E-state index in [-0.39, 0.29) is 0 Å². The van der Waals surface area contributed by atoms with Crippen molar-refractivity contribution in [1.29, 1.82) is 0 Å². The maximum atomic E-state index is 10.5. The molecule has 2 atom stereocenters. The van der Waals surface area contributed by atoms with Crippen LogP contribution >= 0.6 is 0 Å². The monoisotopic (exact) mass is 248 g/mol. The van der Waals surface area contributed by atoms with Gasteiger partial charge in [0.25, 0.3) is 0 Å². The third-order valence-electron chi connectivity index (χ3n) is 3.45. The molecule has 0 saturated carbocycles. The second-order valence-corrected chi connectivity index (χ2v) is 5.10. The van der Waals surface area contributed by atoms with E-state index in [2.05, 4.69) is 23.7 Å². The fourth-order valence-electron chi connectivity index (χ4n) is 2.23. The van der Waals surface area contributed by atoms with Crippen molar-refractivity contribution in [3.05, 3.63) is 23.9 Å². The van der Waals surface area contributed by atoms with E-state index in [9.17, 15) is 4.79 Å². The molecule has 1 fully saturated rings. The molecule has 0 radical (unpaired) electrons. The Balaban J connectivity index is 1.81. The van der Waals surface area contributed by atoms with Crippen LogP contribution in [-0.4, -0.2) is 41.9 Å². The van der Waals surface area contributed by atoms with Crippen LogP contribution in [0.1, 0.15) is 30.6 Å². The SMILES string of the molecule is CC1CCN(C(C)COc2ccc(C=O)cn2)C1. The predicted octanol–water partition coefficient (Wildman–Crippen LogP) is 2.00. The lowest BCUT2D eigenvalue weighted by Gasteiger charge is -2.23. The van der Waals surface area contributed by atoms with Crippen LogP contribution in [-0.2, 0) is 0 Å². The molecule has 1 aliphatic rings. The van der Waals surface area contributed by atoms with Gasteiger partial charge in [0.15, 0.2) is 6.29 Å². The van der Waals surface area contributed by atoms with Crippen LogP contribution in [0.15, 0.2) is 18.3 Å². The summed E-state index contributed by atoms with van der Waals surface area (Å²) < 4.78 is 5.65. The summed E-state index contributed by atoms with van der Waals surface area (Å²) in [7, 11) is 0. The summed E-state index contributed by atoms with van der Waals surface area (Å²) in [6.07, 6.45) is 3.59. The molecule has 1 aliphatic heterocycles. The minimum Gasteiger partial charge on any atom is -0.476 e. The Morgan fingerprint density at radius 3 is 3.00 bits per heavy atom. The molecule has 0 aliphatic carbocycles. The van der Waals surface area contributed by atoms with Crippen molar-refractivity contribution >= 4 is 6.29 Å². The van der Waals surface area contributed by atoms with Gasteiger partial charge in [-0.2, -0.15) is 0 Å². The first kappa shape index (κ1) is 13.0. The Kier molecular flexibility index (Phi) is 4.31. The van der Waals surface area contributed by atoms with Gasteiger partial charge >= 0.3 is 0 Å². The highest BCUT2D eigenvalue weighted by atomic mass is 16.5. The molecule has 1 aromatic rings. The highest BCUT2D eigenvalue weighted by Gasteiger charge is 2.23. The van der Waals surface area contributed by atoms with E-state index in [1.54, 1.807) is 12.1 Å². The lowest BCUT2D eigenvalue weighted by Crippen LogP contribution is -2.35. The fourth-order valence-corrected chi connectivity index (χ4v) is 2.23. The van der Waals surface area contributed by atoms with E-state index in [0.29, 0.717) is 24.1 Å². The van der Waals surface area contributed by atoms with Crippen molar-refractivity contribution in [2.45, 2.75) is 26.3 Å². The third-order valence-corrected chi connectivity index (χ3v) is 3.45. The first-order chi connectivity index (χ1) is 8.69. The van der Waals surface area contributed by atoms with E-state index >= 15 is 0 Å². The highest BCUT2D eigenvalue weighted by molar-refractivity contribution is 5.73. The lowest BCUT2D eigenvalue weighted by molar-refractivity contribution is 0.112. The number of rotatable bonds is 5. The summed E-state index contributed by atoms with van der Waals surface area (Å²) in [4.78, 5) is 17.0. The van der Waals surface area contributed by atoms with Gasteiger partial charge in [0, 0.05) is 30.4 Å². The smallest absolute Gasteiger partial charge is 0.213 e. The van der Waals surface area contributed by atoms with Crippen molar-refractivity contribution in [1.82, 2.24) is 9.88 Å². The molecule has 98 valence electrons. The maximum absolute atomic E-state index is 10.5. The average Bonchev–Trinajstić information content (AvgIpc) is 2.83. The molecule has 18 heavy (non-hydrogen) atoms. The number of carbonyl (C=O) groups excluding carboxylic acids is 1. The molecule has 0 aromatic carbocycles. The average molecular weight is 248 g/mol. The Labute approximate surface area is 108 Å². The number of carbonyl (C=O) groups is 1. The van der Waals surface area contributed by atoms with E-state index in [4.69, 9.17) is 4.74 Å². The standard InChI is InChI=1S/C14H20N2O2/c1-11-5-6-16(8-11)12(2)10-18-14-4-3-13(9-17)7-15-14/h3-4,7,9,11-12H,5-6,8,10H2,1-2H3. The topological polar surface area (TPSA) is 42.4 Å². The fraction of sp³-hybridized carbons (Fsp3) is 0.571. The zero-order chi connectivity index (χ0) is 13.0. The molecular weight excluding hydrogens is 228 g/mol. The Bertz CT molecular complexity index is 391. The van der Waals surface area contributed by atoms with Crippen molar-refractivity contribution in [2.24, 2.45) is 5.92 Å². The number of ether oxygens (including phenoxy) is 1. The molecule has 4 heteroatoms. The minimum atomic E-state index is 0.405. The van der Waals surface area contributed by atoms with Crippen LogP contribution in [0.25, 0.3) is 0 Å². The van der Waals surface area contributed by atoms with Crippen LogP contribution in [0, 0.1) is 5.92 Å². The van der Waals surface area contributed by atoms with E-state index in [0.717, 1.165) is 25.3 Å². The quantitative estimate of drug-likeness (QED) is 0.747. The van der Waals surface area contributed by atoms with Crippen LogP contribution in [0.4, 0.5) is 0 Å². The van der Waals surface area contributed by atoms with E-state index < -0.39 is 0 Å². The number of aromatic nitrogens is 1. The first-order valence-electron chi connectivity index (χ1n) is 6.47. The number of aldehydes is 1. The number of nitrogens with zero attached hydrogens (tertiary/aromatic N) is 2. The molecule has 2 rings (SSSR count). The van der Waals surface area contributed by atoms with Gasteiger partial charge in [0.05, 0.1) is 0 Å². The molecular formula is C14H20N2O2. The first-order valence-corrected chi connectivity index (χ1v) is 6.47. The largest absolute Gasteiger partial charge is 0.476 e. The summed E-state index contributed by atoms with van der Waals surface area (Å²) in [5.74, 6) is 1.37. The molecule has 0 amide bonds. The number of pyridine rings is 1. The number of hydrogen-bond acceptors (Lipinski definition) is 4. The molecule has 0 N–H and O–H groups in total. The summed E-state index contributed by atoms with van der Waals surface area (Å²) >= 11 is 0.